The Morgan fingerprint density at radius 2 is 1.54 bits per heavy atom. The van der Waals surface area contributed by atoms with E-state index in [0.29, 0.717) is 16.7 Å². The van der Waals surface area contributed by atoms with Gasteiger partial charge >= 0.3 is 11.9 Å². The number of amides is 2. The summed E-state index contributed by atoms with van der Waals surface area (Å²) >= 11 is 0. The maximum absolute atomic E-state index is 14.8. The molecule has 4 aromatic carbocycles. The van der Waals surface area contributed by atoms with E-state index in [0.717, 1.165) is 5.56 Å². The van der Waals surface area contributed by atoms with Gasteiger partial charge < -0.3 is 44.1 Å². The van der Waals surface area contributed by atoms with Crippen LogP contribution in [-0.2, 0) is 50.3 Å². The Morgan fingerprint density at radius 1 is 0.889 bits per heavy atom. The predicted molar refractivity (Wildman–Crippen MR) is 235 cm³/mol. The van der Waals surface area contributed by atoms with Crippen LogP contribution in [0.2, 0.25) is 0 Å². The Bertz CT molecular complexity index is 2180. The Kier molecular flexibility index (Phi) is 15.7. The number of carbonyl (C=O) groups is 4. The number of esters is 2. The van der Waals surface area contributed by atoms with Gasteiger partial charge in [0, 0.05) is 43.0 Å². The number of likely N-dealkylation sites (N-methyl/N-ethyl adjacent to an activating group) is 1. The molecular formula is C50H56N2O11. The minimum atomic E-state index is -1.43. The minimum Gasteiger partial charge on any atom is -0.499 e. The average Bonchev–Trinajstić information content (AvgIpc) is 3.70. The molecule has 1 aliphatic heterocycles. The fraction of sp³-hybridized carbons (Fsp3) is 0.360. The van der Waals surface area contributed by atoms with E-state index in [1.165, 1.54) is 18.2 Å². The summed E-state index contributed by atoms with van der Waals surface area (Å²) < 4.78 is 30.7. The summed E-state index contributed by atoms with van der Waals surface area (Å²) in [6, 6.07) is 33.0. The molecular weight excluding hydrogens is 805 g/mol. The van der Waals surface area contributed by atoms with Crippen molar-refractivity contribution in [3.63, 3.8) is 0 Å². The molecule has 0 aromatic heterocycles. The predicted octanol–water partition coefficient (Wildman–Crippen LogP) is 5.88. The standard InChI is InChI=1S/C50H56N2O11/c1-49(2,3)62-44(55)24-23-40(33-54)51-46(56)41(30-34-15-8-5-9-16-34)52(4)47(57)37-31-42(60-48(58)36-18-14-17-35(29-36)25-27-59-28-26-53)45-43(32-37)61-50(63-45,38-19-10-6-11-20-38)39-21-12-7-13-22-39/h5-22,25,27,29,32,40-43,45,53-54H,23-24,26,28,30-31,33H2,1-4H3,(H,51,56)/t40-,41+,42+,43+,45-/m0/s1. The highest BCUT2D eigenvalue weighted by molar-refractivity contribution is 5.97. The van der Waals surface area contributed by atoms with E-state index in [2.05, 4.69) is 5.32 Å². The molecule has 63 heavy (non-hydrogen) atoms. The lowest BCUT2D eigenvalue weighted by molar-refractivity contribution is -0.157. The van der Waals surface area contributed by atoms with E-state index in [1.54, 1.807) is 57.2 Å². The molecule has 3 N–H and O–H groups in total. The SMILES string of the molecule is CN(C(=O)C1=C[C@H]2OC(c3ccccc3)(c3ccccc3)O[C@H]2[C@H](OC(=O)c2cccc(C=COCCO)c2)C1)[C@H](Cc1ccccc1)C(=O)N[C@H](CO)CCC(=O)OC(C)(C)C. The van der Waals surface area contributed by atoms with Crippen molar-refractivity contribution in [1.29, 1.82) is 0 Å². The Balaban J connectivity index is 1.31. The van der Waals surface area contributed by atoms with Gasteiger partial charge in [0.05, 0.1) is 31.1 Å². The maximum Gasteiger partial charge on any atom is 0.338 e. The van der Waals surface area contributed by atoms with Crippen LogP contribution in [-0.4, -0.2) is 102 Å². The van der Waals surface area contributed by atoms with Gasteiger partial charge in [-0.1, -0.05) is 103 Å². The van der Waals surface area contributed by atoms with Crippen LogP contribution in [0.5, 0.6) is 0 Å². The minimum absolute atomic E-state index is 0.0357. The number of carbonyl (C=O) groups excluding carboxylic acids is 4. The fourth-order valence-electron chi connectivity index (χ4n) is 7.61. The summed E-state index contributed by atoms with van der Waals surface area (Å²) in [4.78, 5) is 56.9. The highest BCUT2D eigenvalue weighted by atomic mass is 16.8. The number of ether oxygens (including phenoxy) is 5. The van der Waals surface area contributed by atoms with Gasteiger partial charge in [-0.25, -0.2) is 4.79 Å². The summed E-state index contributed by atoms with van der Waals surface area (Å²) in [5.74, 6) is -3.59. The molecule has 13 heteroatoms. The fourth-order valence-corrected chi connectivity index (χ4v) is 7.61. The molecule has 1 aliphatic carbocycles. The summed E-state index contributed by atoms with van der Waals surface area (Å²) in [7, 11) is 1.53. The van der Waals surface area contributed by atoms with Gasteiger partial charge in [-0.05, 0) is 62.6 Å². The van der Waals surface area contributed by atoms with Crippen molar-refractivity contribution in [2.75, 3.05) is 26.9 Å². The number of aliphatic hydroxyl groups excluding tert-OH is 2. The zero-order valence-electron chi connectivity index (χ0n) is 36.1. The molecule has 0 radical (unpaired) electrons. The second kappa shape index (κ2) is 21.3. The third kappa shape index (κ3) is 12.1. The molecule has 5 atom stereocenters. The van der Waals surface area contributed by atoms with Gasteiger partial charge in [-0.2, -0.15) is 0 Å². The highest BCUT2D eigenvalue weighted by Crippen LogP contribution is 2.47. The number of fused-ring (bicyclic) bond motifs is 1. The Hall–Kier alpha value is -6.12. The van der Waals surface area contributed by atoms with Crippen LogP contribution in [0.3, 0.4) is 0 Å². The second-order valence-corrected chi connectivity index (χ2v) is 16.5. The molecule has 0 spiro atoms. The Labute approximate surface area is 368 Å². The molecule has 0 bridgehead atoms. The number of nitrogens with zero attached hydrogens (tertiary/aromatic N) is 1. The van der Waals surface area contributed by atoms with Gasteiger partial charge in [-0.15, -0.1) is 0 Å². The number of aliphatic hydroxyl groups is 2. The van der Waals surface area contributed by atoms with Gasteiger partial charge in [-0.3, -0.25) is 14.4 Å². The quantitative estimate of drug-likeness (QED) is 0.0621. The molecule has 0 saturated carbocycles. The third-order valence-electron chi connectivity index (χ3n) is 10.7. The molecule has 2 amide bonds. The number of rotatable bonds is 18. The van der Waals surface area contributed by atoms with Crippen molar-refractivity contribution in [2.24, 2.45) is 0 Å². The normalized spacial score (nSPS) is 19.0. The number of hydrogen-bond acceptors (Lipinski definition) is 11. The first kappa shape index (κ1) is 46.4. The molecule has 332 valence electrons. The molecule has 1 fully saturated rings. The first-order valence-corrected chi connectivity index (χ1v) is 21.1. The number of benzene rings is 4. The average molecular weight is 861 g/mol. The van der Waals surface area contributed by atoms with Crippen molar-refractivity contribution >= 4 is 29.8 Å². The van der Waals surface area contributed by atoms with Crippen molar-refractivity contribution in [1.82, 2.24) is 10.2 Å². The summed E-state index contributed by atoms with van der Waals surface area (Å²) in [6.45, 7) is 4.83. The molecule has 1 saturated heterocycles. The zero-order valence-corrected chi connectivity index (χ0v) is 36.1. The lowest BCUT2D eigenvalue weighted by atomic mass is 9.90. The van der Waals surface area contributed by atoms with Crippen molar-refractivity contribution in [3.8, 4) is 0 Å². The summed E-state index contributed by atoms with van der Waals surface area (Å²) in [6.07, 6.45) is 2.18. The van der Waals surface area contributed by atoms with E-state index >= 15 is 0 Å². The van der Waals surface area contributed by atoms with E-state index < -0.39 is 72.1 Å². The van der Waals surface area contributed by atoms with E-state index in [-0.39, 0.29) is 50.0 Å². The summed E-state index contributed by atoms with van der Waals surface area (Å²) in [5, 5.41) is 22.2. The molecule has 0 unspecified atom stereocenters. The smallest absolute Gasteiger partial charge is 0.338 e. The topological polar surface area (TPSA) is 170 Å². The van der Waals surface area contributed by atoms with E-state index in [1.807, 2.05) is 91.0 Å². The molecule has 1 heterocycles. The van der Waals surface area contributed by atoms with Gasteiger partial charge in [0.25, 0.3) is 0 Å². The second-order valence-electron chi connectivity index (χ2n) is 16.5. The van der Waals surface area contributed by atoms with Gasteiger partial charge in [0.15, 0.2) is 0 Å². The first-order valence-electron chi connectivity index (χ1n) is 21.1. The van der Waals surface area contributed by atoms with Crippen molar-refractivity contribution < 1.29 is 53.1 Å². The molecule has 13 nitrogen and oxygen atoms in total. The number of nitrogens with one attached hydrogen (secondary N) is 1. The molecule has 4 aromatic rings. The van der Waals surface area contributed by atoms with Crippen LogP contribution in [0, 0.1) is 0 Å². The monoisotopic (exact) mass is 860 g/mol. The van der Waals surface area contributed by atoms with Crippen molar-refractivity contribution in [2.45, 2.75) is 88.2 Å². The molecule has 2 aliphatic rings. The summed E-state index contributed by atoms with van der Waals surface area (Å²) in [5.41, 5.74) is 2.63. The van der Waals surface area contributed by atoms with Crippen LogP contribution >= 0.6 is 0 Å². The molecule has 6 rings (SSSR count). The lowest BCUT2D eigenvalue weighted by Gasteiger charge is -2.34. The first-order chi connectivity index (χ1) is 30.3. The van der Waals surface area contributed by atoms with Crippen LogP contribution in [0.15, 0.2) is 133 Å². The maximum atomic E-state index is 14.8. The lowest BCUT2D eigenvalue weighted by Crippen LogP contribution is -2.53. The number of hydrogen-bond donors (Lipinski definition) is 3. The van der Waals surface area contributed by atoms with Crippen molar-refractivity contribution in [3.05, 3.63) is 161 Å². The van der Waals surface area contributed by atoms with E-state index in [9.17, 15) is 24.3 Å². The van der Waals surface area contributed by atoms with Crippen LogP contribution in [0.1, 0.15) is 72.6 Å². The van der Waals surface area contributed by atoms with Gasteiger partial charge in [0.1, 0.15) is 36.6 Å². The van der Waals surface area contributed by atoms with Crippen LogP contribution in [0.4, 0.5) is 0 Å². The van der Waals surface area contributed by atoms with Crippen LogP contribution < -0.4 is 5.32 Å². The largest absolute Gasteiger partial charge is 0.499 e. The highest BCUT2D eigenvalue weighted by Gasteiger charge is 2.55. The zero-order chi connectivity index (χ0) is 45.0. The van der Waals surface area contributed by atoms with Crippen LogP contribution in [0.25, 0.3) is 6.08 Å². The van der Waals surface area contributed by atoms with E-state index in [4.69, 9.17) is 28.8 Å². The third-order valence-corrected chi connectivity index (χ3v) is 10.7. The Morgan fingerprint density at radius 3 is 2.16 bits per heavy atom. The van der Waals surface area contributed by atoms with Gasteiger partial charge in [0.2, 0.25) is 17.6 Å².